The Kier molecular flexibility index (Phi) is 5.35. The molecule has 2 amide bonds. The Bertz CT molecular complexity index is 1270. The molecule has 168 valence electrons. The monoisotopic (exact) mass is 458 g/mol. The van der Waals surface area contributed by atoms with Gasteiger partial charge in [-0.1, -0.05) is 5.21 Å². The molecule has 0 aliphatic carbocycles. The maximum absolute atomic E-state index is 14.8. The van der Waals surface area contributed by atoms with Gasteiger partial charge < -0.3 is 20.2 Å². The summed E-state index contributed by atoms with van der Waals surface area (Å²) in [6.07, 6.45) is 3.19. The summed E-state index contributed by atoms with van der Waals surface area (Å²) in [7, 11) is 19.2. The van der Waals surface area contributed by atoms with Crippen LogP contribution in [0.2, 0.25) is 5.21 Å². The molecule has 0 saturated carbocycles. The van der Waals surface area contributed by atoms with Crippen LogP contribution in [0.15, 0.2) is 36.7 Å². The molecule has 2 aliphatic heterocycles. The molecule has 13 heteroatoms. The van der Waals surface area contributed by atoms with E-state index in [2.05, 4.69) is 15.4 Å². The zero-order valence-electron chi connectivity index (χ0n) is 18.2. The number of fused-ring (bicyclic) bond motifs is 1. The molecule has 0 bridgehead atoms. The number of anilines is 2. The quantitative estimate of drug-likeness (QED) is 0.579. The maximum Gasteiger partial charge on any atom is 0.322 e. The molecule has 3 aromatic rings. The van der Waals surface area contributed by atoms with Gasteiger partial charge in [0.25, 0.3) is 0 Å². The molecule has 1 unspecified atom stereocenters. The summed E-state index contributed by atoms with van der Waals surface area (Å²) in [6, 6.07) is 4.15. The van der Waals surface area contributed by atoms with Gasteiger partial charge in [-0.3, -0.25) is 0 Å². The van der Waals surface area contributed by atoms with Crippen molar-refractivity contribution >= 4 is 46.7 Å². The van der Waals surface area contributed by atoms with Crippen molar-refractivity contribution in [1.82, 2.24) is 19.5 Å². The number of rotatable bonds is 3. The van der Waals surface area contributed by atoms with Gasteiger partial charge in [-0.25, -0.2) is 23.1 Å². The zero-order valence-corrected chi connectivity index (χ0v) is 18.2. The number of likely N-dealkylation sites (tertiary alicyclic amines) is 1. The third-order valence-electron chi connectivity index (χ3n) is 6.55. The number of aliphatic hydroxyl groups is 1. The highest BCUT2D eigenvalue weighted by Gasteiger charge is 2.51. The van der Waals surface area contributed by atoms with E-state index in [-0.39, 0.29) is 25.1 Å². The van der Waals surface area contributed by atoms with Gasteiger partial charge in [0.05, 0.1) is 28.0 Å². The Morgan fingerprint density at radius 2 is 2.00 bits per heavy atom. The summed E-state index contributed by atoms with van der Waals surface area (Å²) in [5, 5.41) is 15.0. The smallest absolute Gasteiger partial charge is 0.322 e. The molecule has 2 atom stereocenters. The summed E-state index contributed by atoms with van der Waals surface area (Å²) < 4.78 is 30.3. The minimum Gasteiger partial charge on any atom is -0.391 e. The molecule has 8 nitrogen and oxygen atoms in total. The molecule has 34 heavy (non-hydrogen) atoms. The van der Waals surface area contributed by atoms with Crippen LogP contribution < -0.4 is 10.2 Å². The number of hydrogen-bond donors (Lipinski definition) is 2. The molecule has 2 aliphatic rings. The van der Waals surface area contributed by atoms with E-state index in [1.54, 1.807) is 12.3 Å². The fourth-order valence-electron chi connectivity index (χ4n) is 4.61. The number of β-amino-alcohol motifs (C(OH)–C–C–N with tert-alkyl or cyclic N) is 1. The number of nitrogens with one attached hydrogen (secondary N) is 1. The van der Waals surface area contributed by atoms with Crippen LogP contribution in [0, 0.1) is 11.6 Å². The van der Waals surface area contributed by atoms with Gasteiger partial charge >= 0.3 is 6.03 Å². The van der Waals surface area contributed by atoms with Crippen LogP contribution in [0.1, 0.15) is 18.4 Å². The second-order valence-electron chi connectivity index (χ2n) is 8.76. The van der Waals surface area contributed by atoms with Crippen molar-refractivity contribution in [2.24, 2.45) is 0 Å². The molecule has 2 N–H and O–H groups in total. The van der Waals surface area contributed by atoms with Crippen molar-refractivity contribution in [3.63, 3.8) is 0 Å². The Labute approximate surface area is 198 Å². The molecule has 1 aromatic carbocycles. The van der Waals surface area contributed by atoms with E-state index in [1.807, 2.05) is 0 Å². The highest BCUT2D eigenvalue weighted by atomic mass is 19.1. The fraction of sp³-hybridized carbons (Fsp3) is 0.381. The van der Waals surface area contributed by atoms with Crippen LogP contribution in [-0.2, 0) is 5.44 Å². The van der Waals surface area contributed by atoms with Crippen LogP contribution >= 0.6 is 0 Å². The summed E-state index contributed by atoms with van der Waals surface area (Å²) >= 11 is 0. The van der Waals surface area contributed by atoms with Crippen molar-refractivity contribution in [3.05, 3.63) is 53.9 Å². The molecule has 4 heterocycles. The van der Waals surface area contributed by atoms with E-state index in [9.17, 15) is 18.7 Å². The molecule has 6 radical (unpaired) electrons. The molecule has 2 aromatic heterocycles. The minimum absolute atomic E-state index is 0.187. The second kappa shape index (κ2) is 8.01. The van der Waals surface area contributed by atoms with Gasteiger partial charge in [-0.2, -0.15) is 5.10 Å². The average molecular weight is 458 g/mol. The second-order valence-corrected chi connectivity index (χ2v) is 8.76. The summed E-state index contributed by atoms with van der Waals surface area (Å²) in [5.74, 6) is -1.13. The maximum atomic E-state index is 14.8. The SMILES string of the molecule is [B]C1([B])CCN(c2ccn3ncc(NC(=O)N4CC[C@H](O)C4)c3n2)C1([B])c1cc(F)ccc1F. The third-order valence-corrected chi connectivity index (χ3v) is 6.55. The van der Waals surface area contributed by atoms with Crippen molar-refractivity contribution in [2.75, 3.05) is 29.9 Å². The van der Waals surface area contributed by atoms with Gasteiger partial charge in [0.2, 0.25) is 0 Å². The average Bonchev–Trinajstić information content (AvgIpc) is 3.47. The number of aromatic nitrogens is 3. The van der Waals surface area contributed by atoms with Crippen LogP contribution in [0.4, 0.5) is 25.1 Å². The minimum atomic E-state index is -1.81. The molecule has 2 saturated heterocycles. The fourth-order valence-corrected chi connectivity index (χ4v) is 4.61. The lowest BCUT2D eigenvalue weighted by Gasteiger charge is -2.47. The van der Waals surface area contributed by atoms with Gasteiger partial charge in [-0.15, -0.1) is 0 Å². The first kappa shape index (κ1) is 22.7. The van der Waals surface area contributed by atoms with E-state index in [4.69, 9.17) is 23.5 Å². The first-order chi connectivity index (χ1) is 16.1. The summed E-state index contributed by atoms with van der Waals surface area (Å²) in [4.78, 5) is 20.2. The van der Waals surface area contributed by atoms with Crippen LogP contribution in [0.25, 0.3) is 5.65 Å². The van der Waals surface area contributed by atoms with E-state index in [1.165, 1.54) is 20.5 Å². The Morgan fingerprint density at radius 1 is 1.21 bits per heavy atom. The zero-order chi connectivity index (χ0) is 24.3. The van der Waals surface area contributed by atoms with Crippen molar-refractivity contribution < 1.29 is 18.7 Å². The number of hydrogen-bond acceptors (Lipinski definition) is 5. The van der Waals surface area contributed by atoms with Crippen molar-refractivity contribution in [1.29, 1.82) is 0 Å². The van der Waals surface area contributed by atoms with E-state index in [0.717, 1.165) is 18.2 Å². The normalized spacial score (nSPS) is 24.1. The first-order valence-corrected chi connectivity index (χ1v) is 10.8. The third kappa shape index (κ3) is 3.53. The number of nitrogens with zero attached hydrogens (tertiary/aromatic N) is 5. The Morgan fingerprint density at radius 3 is 2.74 bits per heavy atom. The Balaban J connectivity index is 1.53. The molecule has 0 spiro atoms. The van der Waals surface area contributed by atoms with Gasteiger partial charge in [-0.05, 0) is 37.1 Å². The lowest BCUT2D eigenvalue weighted by molar-refractivity contribution is 0.176. The molecular formula is C21H19B3F2N6O2. The standard InChI is InChI=1S/C21H19B3F2N6O2/c22-20(23)5-8-31(21(20,24)14-9-12(25)1-2-15(14)26)17-4-7-32-18(29-17)16(10-27-32)28-19(34)30-6-3-13(33)11-30/h1-2,4,7,9-10,13,33H,3,5-6,8,11H2,(H,28,34)/t13-,21?/m0/s1. The predicted octanol–water partition coefficient (Wildman–Crippen LogP) is 1.29. The summed E-state index contributed by atoms with van der Waals surface area (Å²) in [6.45, 7) is 0.897. The topological polar surface area (TPSA) is 86.0 Å². The number of carbonyl (C=O) groups excluding carboxylic acids is 1. The number of carbonyl (C=O) groups is 1. The van der Waals surface area contributed by atoms with E-state index >= 15 is 0 Å². The lowest BCUT2D eigenvalue weighted by atomic mass is 9.38. The highest BCUT2D eigenvalue weighted by molar-refractivity contribution is 6.46. The predicted molar refractivity (Wildman–Crippen MR) is 124 cm³/mol. The molecule has 2 fully saturated rings. The lowest BCUT2D eigenvalue weighted by Crippen LogP contribution is -2.50. The number of benzene rings is 1. The van der Waals surface area contributed by atoms with Crippen LogP contribution in [0.3, 0.4) is 0 Å². The van der Waals surface area contributed by atoms with Gasteiger partial charge in [0.15, 0.2) is 5.65 Å². The van der Waals surface area contributed by atoms with E-state index < -0.39 is 34.4 Å². The number of amides is 2. The van der Waals surface area contributed by atoms with Gasteiger partial charge in [0.1, 0.15) is 31.0 Å². The van der Waals surface area contributed by atoms with Gasteiger partial charge in [0, 0.05) is 36.8 Å². The first-order valence-electron chi connectivity index (χ1n) is 10.8. The number of aliphatic hydroxyl groups excluding tert-OH is 1. The Hall–Kier alpha value is -3.08. The molecule has 5 rings (SSSR count). The number of halogens is 2. The summed E-state index contributed by atoms with van der Waals surface area (Å²) in [5.41, 5.74) is -1.36. The van der Waals surface area contributed by atoms with Crippen molar-refractivity contribution in [2.45, 2.75) is 29.6 Å². The van der Waals surface area contributed by atoms with Crippen molar-refractivity contribution in [3.8, 4) is 0 Å². The number of urea groups is 1. The molecular weight excluding hydrogens is 439 g/mol. The van der Waals surface area contributed by atoms with Crippen LogP contribution in [0.5, 0.6) is 0 Å². The van der Waals surface area contributed by atoms with Crippen LogP contribution in [-0.4, -0.2) is 79.9 Å². The van der Waals surface area contributed by atoms with E-state index in [0.29, 0.717) is 30.1 Å². The highest BCUT2D eigenvalue weighted by Crippen LogP contribution is 2.53. The largest absolute Gasteiger partial charge is 0.391 e.